The molecule has 0 fully saturated rings. The van der Waals surface area contributed by atoms with Gasteiger partial charge in [0.05, 0.1) is 6.61 Å². The van der Waals surface area contributed by atoms with Gasteiger partial charge in [-0.05, 0) is 66.8 Å². The van der Waals surface area contributed by atoms with E-state index in [1.54, 1.807) is 0 Å². The Kier molecular flexibility index (Phi) is 12.3. The van der Waals surface area contributed by atoms with Crippen LogP contribution in [0.25, 0.3) is 0 Å². The zero-order valence-corrected chi connectivity index (χ0v) is 21.1. The highest BCUT2D eigenvalue weighted by Gasteiger charge is 2.17. The molecule has 2 nitrogen and oxygen atoms in total. The molecule has 172 valence electrons. The van der Waals surface area contributed by atoms with Gasteiger partial charge >= 0.3 is 0 Å². The first-order valence-corrected chi connectivity index (χ1v) is 13.2. The topological polar surface area (TPSA) is 12.5 Å². The molecule has 0 unspecified atom stereocenters. The van der Waals surface area contributed by atoms with Crippen LogP contribution >= 0.6 is 12.6 Å². The van der Waals surface area contributed by atoms with Crippen molar-refractivity contribution in [2.75, 3.05) is 25.4 Å². The standard InChI is InChI=1S/C27H47NOS/c1-22(2)8-5-9-23(3)10-6-11-24(4)12-7-16-28-17-15-25-20-27(29-18-19-30)14-13-26(25)21-28/h13-14,20,22-24,30H,5-12,15-19,21H2,1-4H3/t23-,24-/m1/s1. The van der Waals surface area contributed by atoms with Crippen molar-refractivity contribution < 1.29 is 4.74 Å². The first kappa shape index (κ1) is 25.6. The summed E-state index contributed by atoms with van der Waals surface area (Å²) in [5.74, 6) is 4.41. The molecule has 0 aliphatic carbocycles. The second kappa shape index (κ2) is 14.4. The molecule has 0 aromatic heterocycles. The maximum Gasteiger partial charge on any atom is 0.119 e. The molecule has 0 N–H and O–H groups in total. The van der Waals surface area contributed by atoms with Gasteiger partial charge in [0.25, 0.3) is 0 Å². The van der Waals surface area contributed by atoms with Crippen LogP contribution in [0, 0.1) is 17.8 Å². The van der Waals surface area contributed by atoms with Crippen molar-refractivity contribution in [1.82, 2.24) is 4.90 Å². The van der Waals surface area contributed by atoms with Crippen molar-refractivity contribution >= 4 is 12.6 Å². The second-order valence-electron chi connectivity index (χ2n) is 10.1. The van der Waals surface area contributed by atoms with E-state index in [1.807, 2.05) is 0 Å². The Balaban J connectivity index is 1.57. The summed E-state index contributed by atoms with van der Waals surface area (Å²) in [5, 5.41) is 0. The third-order valence-electron chi connectivity index (χ3n) is 6.67. The molecule has 0 spiro atoms. The largest absolute Gasteiger partial charge is 0.493 e. The average molecular weight is 434 g/mol. The summed E-state index contributed by atoms with van der Waals surface area (Å²) >= 11 is 4.22. The van der Waals surface area contributed by atoms with Crippen LogP contribution in [0.2, 0.25) is 0 Å². The van der Waals surface area contributed by atoms with Gasteiger partial charge in [0.15, 0.2) is 0 Å². The first-order valence-electron chi connectivity index (χ1n) is 12.6. The first-order chi connectivity index (χ1) is 14.5. The molecule has 0 saturated carbocycles. The molecular formula is C27H47NOS. The average Bonchev–Trinajstić information content (AvgIpc) is 2.72. The predicted molar refractivity (Wildman–Crippen MR) is 135 cm³/mol. The van der Waals surface area contributed by atoms with Crippen molar-refractivity contribution in [3.63, 3.8) is 0 Å². The molecule has 0 radical (unpaired) electrons. The van der Waals surface area contributed by atoms with E-state index in [4.69, 9.17) is 4.74 Å². The number of nitrogens with zero attached hydrogens (tertiary/aromatic N) is 1. The van der Waals surface area contributed by atoms with Crippen LogP contribution in [0.3, 0.4) is 0 Å². The highest BCUT2D eigenvalue weighted by atomic mass is 32.1. The van der Waals surface area contributed by atoms with Crippen molar-refractivity contribution in [2.24, 2.45) is 17.8 Å². The molecule has 0 bridgehead atoms. The SMILES string of the molecule is CC(C)CCC[C@@H](C)CCC[C@@H](C)CCCN1CCc2cc(OCCS)ccc2C1. The second-order valence-corrected chi connectivity index (χ2v) is 10.6. The van der Waals surface area contributed by atoms with E-state index in [-0.39, 0.29) is 0 Å². The molecule has 1 aliphatic rings. The smallest absolute Gasteiger partial charge is 0.119 e. The summed E-state index contributed by atoms with van der Waals surface area (Å²) in [4.78, 5) is 2.64. The Labute approximate surface area is 192 Å². The summed E-state index contributed by atoms with van der Waals surface area (Å²) in [6.07, 6.45) is 12.3. The summed E-state index contributed by atoms with van der Waals surface area (Å²) in [6.45, 7) is 13.8. The van der Waals surface area contributed by atoms with E-state index >= 15 is 0 Å². The Morgan fingerprint density at radius 3 is 2.23 bits per heavy atom. The molecule has 1 heterocycles. The van der Waals surface area contributed by atoms with E-state index in [9.17, 15) is 0 Å². The molecule has 2 rings (SSSR count). The number of hydrogen-bond donors (Lipinski definition) is 1. The molecule has 1 aromatic carbocycles. The van der Waals surface area contributed by atoms with Crippen LogP contribution in [-0.2, 0) is 13.0 Å². The number of fused-ring (bicyclic) bond motifs is 1. The Morgan fingerprint density at radius 2 is 1.57 bits per heavy atom. The van der Waals surface area contributed by atoms with Crippen LogP contribution in [0.4, 0.5) is 0 Å². The fraction of sp³-hybridized carbons (Fsp3) is 0.778. The lowest BCUT2D eigenvalue weighted by Crippen LogP contribution is -2.31. The molecule has 2 atom stereocenters. The third-order valence-corrected chi connectivity index (χ3v) is 6.86. The van der Waals surface area contributed by atoms with Gasteiger partial charge in [0.2, 0.25) is 0 Å². The number of benzene rings is 1. The number of thiol groups is 1. The predicted octanol–water partition coefficient (Wildman–Crippen LogP) is 7.40. The monoisotopic (exact) mass is 433 g/mol. The van der Waals surface area contributed by atoms with Crippen molar-refractivity contribution in [3.8, 4) is 5.75 Å². The van der Waals surface area contributed by atoms with E-state index in [0.29, 0.717) is 6.61 Å². The summed E-state index contributed by atoms with van der Waals surface area (Å²) < 4.78 is 5.72. The Bertz CT molecular complexity index is 588. The molecule has 3 heteroatoms. The van der Waals surface area contributed by atoms with Crippen LogP contribution < -0.4 is 4.74 Å². The van der Waals surface area contributed by atoms with Gasteiger partial charge < -0.3 is 4.74 Å². The van der Waals surface area contributed by atoms with Crippen LogP contribution in [0.15, 0.2) is 18.2 Å². The quantitative estimate of drug-likeness (QED) is 0.289. The summed E-state index contributed by atoms with van der Waals surface area (Å²) in [5.41, 5.74) is 2.96. The highest BCUT2D eigenvalue weighted by molar-refractivity contribution is 7.80. The van der Waals surface area contributed by atoms with E-state index in [2.05, 4.69) is 63.4 Å². The van der Waals surface area contributed by atoms with E-state index in [1.165, 1.54) is 75.6 Å². The van der Waals surface area contributed by atoms with E-state index < -0.39 is 0 Å². The zero-order chi connectivity index (χ0) is 21.8. The Morgan fingerprint density at radius 1 is 0.900 bits per heavy atom. The van der Waals surface area contributed by atoms with Crippen LogP contribution in [-0.4, -0.2) is 30.3 Å². The van der Waals surface area contributed by atoms with Crippen molar-refractivity contribution in [3.05, 3.63) is 29.3 Å². The summed E-state index contributed by atoms with van der Waals surface area (Å²) in [7, 11) is 0. The molecule has 1 aromatic rings. The normalized spacial score (nSPS) is 16.5. The third kappa shape index (κ3) is 10.1. The minimum atomic E-state index is 0.684. The highest BCUT2D eigenvalue weighted by Crippen LogP contribution is 2.25. The molecular weight excluding hydrogens is 386 g/mol. The van der Waals surface area contributed by atoms with Gasteiger partial charge in [-0.25, -0.2) is 0 Å². The van der Waals surface area contributed by atoms with Crippen LogP contribution in [0.5, 0.6) is 5.75 Å². The van der Waals surface area contributed by atoms with Gasteiger partial charge in [0, 0.05) is 18.8 Å². The summed E-state index contributed by atoms with van der Waals surface area (Å²) in [6, 6.07) is 6.62. The lowest BCUT2D eigenvalue weighted by molar-refractivity contribution is 0.241. The number of hydrogen-bond acceptors (Lipinski definition) is 3. The number of rotatable bonds is 15. The molecule has 30 heavy (non-hydrogen) atoms. The lowest BCUT2D eigenvalue weighted by atomic mass is 9.92. The minimum absolute atomic E-state index is 0.684. The van der Waals surface area contributed by atoms with Gasteiger partial charge in [0.1, 0.15) is 5.75 Å². The number of ether oxygens (including phenoxy) is 1. The lowest BCUT2D eigenvalue weighted by Gasteiger charge is -2.29. The fourth-order valence-corrected chi connectivity index (χ4v) is 4.76. The van der Waals surface area contributed by atoms with Crippen molar-refractivity contribution in [1.29, 1.82) is 0 Å². The molecule has 1 aliphatic heterocycles. The van der Waals surface area contributed by atoms with Gasteiger partial charge in [-0.1, -0.05) is 72.3 Å². The van der Waals surface area contributed by atoms with Gasteiger partial charge in [-0.15, -0.1) is 0 Å². The van der Waals surface area contributed by atoms with Crippen LogP contribution in [0.1, 0.15) is 90.2 Å². The fourth-order valence-electron chi connectivity index (χ4n) is 4.67. The van der Waals surface area contributed by atoms with Gasteiger partial charge in [-0.2, -0.15) is 12.6 Å². The maximum absolute atomic E-state index is 5.72. The molecule has 0 amide bonds. The zero-order valence-electron chi connectivity index (χ0n) is 20.2. The Hall–Kier alpha value is -0.670. The van der Waals surface area contributed by atoms with Gasteiger partial charge in [-0.3, -0.25) is 4.90 Å². The minimum Gasteiger partial charge on any atom is -0.493 e. The van der Waals surface area contributed by atoms with Crippen molar-refractivity contribution in [2.45, 2.75) is 92.0 Å². The maximum atomic E-state index is 5.72. The molecule has 0 saturated heterocycles. The van der Waals surface area contributed by atoms with E-state index in [0.717, 1.165) is 42.2 Å².